The van der Waals surface area contributed by atoms with Gasteiger partial charge in [-0.3, -0.25) is 9.59 Å². The van der Waals surface area contributed by atoms with E-state index >= 15 is 0 Å². The lowest BCUT2D eigenvalue weighted by Crippen LogP contribution is -2.33. The Hall–Kier alpha value is -2.67. The molecule has 0 atom stereocenters. The highest BCUT2D eigenvalue weighted by Gasteiger charge is 2.49. The summed E-state index contributed by atoms with van der Waals surface area (Å²) in [5, 5.41) is 2.83. The van der Waals surface area contributed by atoms with Gasteiger partial charge >= 0.3 is 0 Å². The smallest absolute Gasteiger partial charge is 0.255 e. The molecule has 0 unspecified atom stereocenters. The Balaban J connectivity index is 1.92. The van der Waals surface area contributed by atoms with Crippen LogP contribution in [0.2, 0.25) is 0 Å². The molecule has 0 radical (unpaired) electrons. The molecule has 0 bridgehead atoms. The lowest BCUT2D eigenvalue weighted by Gasteiger charge is -2.18. The summed E-state index contributed by atoms with van der Waals surface area (Å²) in [6.45, 7) is 7.07. The number of anilines is 2. The third kappa shape index (κ3) is 3.60. The van der Waals surface area contributed by atoms with Crippen molar-refractivity contribution in [1.29, 1.82) is 0 Å². The molecule has 1 heterocycles. The predicted molar refractivity (Wildman–Crippen MR) is 105 cm³/mol. The fourth-order valence-corrected chi connectivity index (χ4v) is 5.28. The highest BCUT2D eigenvalue weighted by molar-refractivity contribution is 7.94. The molecule has 2 aromatic rings. The Bertz CT molecular complexity index is 1040. The van der Waals surface area contributed by atoms with Crippen LogP contribution < -0.4 is 9.62 Å². The van der Waals surface area contributed by atoms with Crippen molar-refractivity contribution >= 4 is 33.2 Å². The van der Waals surface area contributed by atoms with Crippen LogP contribution in [0.25, 0.3) is 0 Å². The summed E-state index contributed by atoms with van der Waals surface area (Å²) >= 11 is 0. The standard InChI is InChI=1S/C20H22N2O4S/c1-13-8-9-17(14(2)10-13)21-18(23)15-6-5-7-16(11-15)22-19(24)20(3,4)12-27(22,25)26/h5-11H,12H2,1-4H3,(H,21,23). The maximum Gasteiger partial charge on any atom is 0.255 e. The predicted octanol–water partition coefficient (Wildman–Crippen LogP) is 3.26. The van der Waals surface area contributed by atoms with Gasteiger partial charge in [-0.2, -0.15) is 0 Å². The molecule has 0 saturated carbocycles. The van der Waals surface area contributed by atoms with Gasteiger partial charge in [0.15, 0.2) is 0 Å². The first kappa shape index (κ1) is 19.1. The normalized spacial score (nSPS) is 17.8. The summed E-state index contributed by atoms with van der Waals surface area (Å²) in [6.07, 6.45) is 0. The van der Waals surface area contributed by atoms with Crippen LogP contribution >= 0.6 is 0 Å². The highest BCUT2D eigenvalue weighted by atomic mass is 32.2. The van der Waals surface area contributed by atoms with Gasteiger partial charge in [0, 0.05) is 11.3 Å². The van der Waals surface area contributed by atoms with Crippen molar-refractivity contribution in [3.8, 4) is 0 Å². The third-order valence-corrected chi connectivity index (χ3v) is 6.58. The summed E-state index contributed by atoms with van der Waals surface area (Å²) in [4.78, 5) is 25.2. The van der Waals surface area contributed by atoms with Gasteiger partial charge in [-0.25, -0.2) is 12.7 Å². The van der Waals surface area contributed by atoms with Crippen molar-refractivity contribution in [2.45, 2.75) is 27.7 Å². The average molecular weight is 386 g/mol. The molecule has 142 valence electrons. The Morgan fingerprint density at radius 3 is 2.41 bits per heavy atom. The molecule has 2 amide bonds. The van der Waals surface area contributed by atoms with E-state index in [1.807, 2.05) is 32.0 Å². The first-order chi connectivity index (χ1) is 12.5. The third-order valence-electron chi connectivity index (χ3n) is 4.56. The second-order valence-electron chi connectivity index (χ2n) is 7.53. The Morgan fingerprint density at radius 2 is 1.81 bits per heavy atom. The zero-order valence-corrected chi connectivity index (χ0v) is 16.6. The minimum atomic E-state index is -3.76. The van der Waals surface area contributed by atoms with E-state index in [4.69, 9.17) is 0 Å². The SMILES string of the molecule is Cc1ccc(NC(=O)c2cccc(N3C(=O)C(C)(C)CS3(=O)=O)c2)c(C)c1. The minimum Gasteiger partial charge on any atom is -0.322 e. The minimum absolute atomic E-state index is 0.179. The molecule has 0 aliphatic carbocycles. The number of aryl methyl sites for hydroxylation is 2. The molecule has 1 fully saturated rings. The van der Waals surface area contributed by atoms with Gasteiger partial charge in [-0.1, -0.05) is 23.8 Å². The molecule has 1 aliphatic rings. The lowest BCUT2D eigenvalue weighted by atomic mass is 9.95. The molecule has 1 N–H and O–H groups in total. The quantitative estimate of drug-likeness (QED) is 0.878. The van der Waals surface area contributed by atoms with E-state index < -0.39 is 21.3 Å². The second kappa shape index (κ2) is 6.49. The summed E-state index contributed by atoms with van der Waals surface area (Å²) in [6, 6.07) is 11.8. The molecular weight excluding hydrogens is 364 g/mol. The van der Waals surface area contributed by atoms with Crippen LogP contribution in [0.4, 0.5) is 11.4 Å². The van der Waals surface area contributed by atoms with E-state index in [0.717, 1.165) is 15.4 Å². The van der Waals surface area contributed by atoms with Crippen LogP contribution in [0.15, 0.2) is 42.5 Å². The fraction of sp³-hybridized carbons (Fsp3) is 0.300. The zero-order chi connectivity index (χ0) is 20.0. The van der Waals surface area contributed by atoms with Gasteiger partial charge in [0.2, 0.25) is 15.9 Å². The van der Waals surface area contributed by atoms with Gasteiger partial charge in [0.1, 0.15) is 0 Å². The number of sulfonamides is 1. The van der Waals surface area contributed by atoms with Crippen molar-refractivity contribution in [2.75, 3.05) is 15.4 Å². The van der Waals surface area contributed by atoms with Crippen LogP contribution in [0.3, 0.4) is 0 Å². The molecule has 2 aromatic carbocycles. The number of hydrogen-bond donors (Lipinski definition) is 1. The summed E-state index contributed by atoms with van der Waals surface area (Å²) in [7, 11) is -3.76. The highest BCUT2D eigenvalue weighted by Crippen LogP contribution is 2.36. The van der Waals surface area contributed by atoms with Gasteiger partial charge in [-0.15, -0.1) is 0 Å². The summed E-state index contributed by atoms with van der Waals surface area (Å²) in [5.41, 5.74) is 2.17. The number of carbonyl (C=O) groups is 2. The molecule has 6 nitrogen and oxygen atoms in total. The number of carbonyl (C=O) groups excluding carboxylic acids is 2. The number of hydrogen-bond acceptors (Lipinski definition) is 4. The van der Waals surface area contributed by atoms with Crippen LogP contribution in [-0.2, 0) is 14.8 Å². The van der Waals surface area contributed by atoms with Crippen molar-refractivity contribution in [1.82, 2.24) is 0 Å². The van der Waals surface area contributed by atoms with E-state index in [2.05, 4.69) is 5.32 Å². The monoisotopic (exact) mass is 386 g/mol. The lowest BCUT2D eigenvalue weighted by molar-refractivity contribution is -0.123. The van der Waals surface area contributed by atoms with Gasteiger partial charge in [0.25, 0.3) is 5.91 Å². The molecule has 27 heavy (non-hydrogen) atoms. The van der Waals surface area contributed by atoms with E-state index in [1.165, 1.54) is 12.1 Å². The van der Waals surface area contributed by atoms with E-state index in [0.29, 0.717) is 5.69 Å². The maximum absolute atomic E-state index is 12.6. The fourth-order valence-electron chi connectivity index (χ4n) is 3.18. The van der Waals surface area contributed by atoms with Crippen molar-refractivity contribution in [3.05, 3.63) is 59.2 Å². The summed E-state index contributed by atoms with van der Waals surface area (Å²) < 4.78 is 25.7. The number of amides is 2. The number of benzene rings is 2. The van der Waals surface area contributed by atoms with Gasteiger partial charge in [-0.05, 0) is 57.5 Å². The Labute approximate surface area is 159 Å². The van der Waals surface area contributed by atoms with E-state index in [9.17, 15) is 18.0 Å². The molecule has 1 saturated heterocycles. The first-order valence-corrected chi connectivity index (χ1v) is 10.2. The average Bonchev–Trinajstić information content (AvgIpc) is 2.73. The van der Waals surface area contributed by atoms with Gasteiger partial charge < -0.3 is 5.32 Å². The summed E-state index contributed by atoms with van der Waals surface area (Å²) in [5.74, 6) is -1.11. The van der Waals surface area contributed by atoms with Crippen LogP contribution in [-0.4, -0.2) is 26.0 Å². The number of rotatable bonds is 3. The van der Waals surface area contributed by atoms with Gasteiger partial charge in [0.05, 0.1) is 16.9 Å². The van der Waals surface area contributed by atoms with E-state index in [1.54, 1.807) is 26.0 Å². The first-order valence-electron chi connectivity index (χ1n) is 8.57. The van der Waals surface area contributed by atoms with E-state index in [-0.39, 0.29) is 22.9 Å². The molecular formula is C20H22N2O4S. The molecule has 3 rings (SSSR count). The van der Waals surface area contributed by atoms with Crippen molar-refractivity contribution in [3.63, 3.8) is 0 Å². The number of nitrogens with one attached hydrogen (secondary N) is 1. The largest absolute Gasteiger partial charge is 0.322 e. The molecule has 0 aromatic heterocycles. The second-order valence-corrected chi connectivity index (χ2v) is 9.35. The Morgan fingerprint density at radius 1 is 1.11 bits per heavy atom. The number of nitrogens with zero attached hydrogens (tertiary/aromatic N) is 1. The van der Waals surface area contributed by atoms with Crippen molar-refractivity contribution < 1.29 is 18.0 Å². The maximum atomic E-state index is 12.6. The van der Waals surface area contributed by atoms with Crippen LogP contribution in [0.5, 0.6) is 0 Å². The molecule has 7 heteroatoms. The van der Waals surface area contributed by atoms with Crippen molar-refractivity contribution in [2.24, 2.45) is 5.41 Å². The Kier molecular flexibility index (Phi) is 4.59. The zero-order valence-electron chi connectivity index (χ0n) is 15.7. The van der Waals surface area contributed by atoms with Crippen LogP contribution in [0.1, 0.15) is 35.3 Å². The topological polar surface area (TPSA) is 83.6 Å². The molecule has 0 spiro atoms. The van der Waals surface area contributed by atoms with Crippen LogP contribution in [0, 0.1) is 19.3 Å². The molecule has 1 aliphatic heterocycles.